The maximum absolute atomic E-state index is 12.4. The standard InChI is InChI=1S/C7H4F4.H3N/c8-6-4-2-1-3-5(6)7(9,10)11;/h1-4H;1H3. The number of halogens is 4. The summed E-state index contributed by atoms with van der Waals surface area (Å²) in [4.78, 5) is 0. The minimum atomic E-state index is -4.59. The molecule has 3 N–H and O–H groups in total. The van der Waals surface area contributed by atoms with Crippen LogP contribution in [0.25, 0.3) is 0 Å². The Bertz CT molecular complexity index is 256. The van der Waals surface area contributed by atoms with E-state index in [1.807, 2.05) is 0 Å². The van der Waals surface area contributed by atoms with Gasteiger partial charge >= 0.3 is 6.18 Å². The van der Waals surface area contributed by atoms with Crippen LogP contribution >= 0.6 is 0 Å². The maximum atomic E-state index is 12.4. The fourth-order valence-electron chi connectivity index (χ4n) is 0.691. The molecular weight excluding hydrogens is 174 g/mol. The third kappa shape index (κ3) is 2.20. The van der Waals surface area contributed by atoms with Crippen LogP contribution in [-0.2, 0) is 6.18 Å². The van der Waals surface area contributed by atoms with E-state index in [9.17, 15) is 17.6 Å². The summed E-state index contributed by atoms with van der Waals surface area (Å²) in [6.45, 7) is 0. The Morgan fingerprint density at radius 1 is 1.00 bits per heavy atom. The van der Waals surface area contributed by atoms with Gasteiger partial charge in [0.1, 0.15) is 5.82 Å². The second-order valence-corrected chi connectivity index (χ2v) is 1.98. The van der Waals surface area contributed by atoms with Gasteiger partial charge in [-0.1, -0.05) is 12.1 Å². The normalized spacial score (nSPS) is 10.7. The highest BCUT2D eigenvalue weighted by Crippen LogP contribution is 2.30. The van der Waals surface area contributed by atoms with E-state index in [1.54, 1.807) is 0 Å². The Balaban J connectivity index is 0.00000121. The van der Waals surface area contributed by atoms with Crippen LogP contribution in [0.4, 0.5) is 17.6 Å². The van der Waals surface area contributed by atoms with Crippen LogP contribution in [0.1, 0.15) is 5.56 Å². The van der Waals surface area contributed by atoms with Crippen LogP contribution < -0.4 is 6.15 Å². The molecule has 0 aliphatic rings. The number of rotatable bonds is 0. The highest BCUT2D eigenvalue weighted by atomic mass is 19.4. The summed E-state index contributed by atoms with van der Waals surface area (Å²) < 4.78 is 47.8. The van der Waals surface area contributed by atoms with Crippen LogP contribution in [0.2, 0.25) is 0 Å². The molecule has 0 radical (unpaired) electrons. The van der Waals surface area contributed by atoms with Gasteiger partial charge in [0.15, 0.2) is 0 Å². The minimum Gasteiger partial charge on any atom is -0.344 e. The molecule has 0 spiro atoms. The van der Waals surface area contributed by atoms with Crippen LogP contribution in [0.5, 0.6) is 0 Å². The molecule has 1 rings (SSSR count). The zero-order chi connectivity index (χ0) is 8.48. The molecule has 1 aromatic carbocycles. The van der Waals surface area contributed by atoms with Gasteiger partial charge < -0.3 is 6.15 Å². The first-order valence-corrected chi connectivity index (χ1v) is 2.83. The third-order valence-corrected chi connectivity index (χ3v) is 1.18. The molecule has 0 aliphatic heterocycles. The van der Waals surface area contributed by atoms with Crippen molar-refractivity contribution < 1.29 is 17.6 Å². The summed E-state index contributed by atoms with van der Waals surface area (Å²) in [5.74, 6) is -1.24. The van der Waals surface area contributed by atoms with Gasteiger partial charge in [-0.25, -0.2) is 4.39 Å². The van der Waals surface area contributed by atoms with Crippen molar-refractivity contribution in [1.82, 2.24) is 6.15 Å². The van der Waals surface area contributed by atoms with Crippen LogP contribution in [0.3, 0.4) is 0 Å². The Labute approximate surface area is 66.6 Å². The van der Waals surface area contributed by atoms with Gasteiger partial charge in [-0.2, -0.15) is 13.2 Å². The topological polar surface area (TPSA) is 35.0 Å². The van der Waals surface area contributed by atoms with E-state index in [-0.39, 0.29) is 6.15 Å². The van der Waals surface area contributed by atoms with Gasteiger partial charge in [0.25, 0.3) is 0 Å². The molecule has 68 valence electrons. The molecule has 12 heavy (non-hydrogen) atoms. The highest BCUT2D eigenvalue weighted by Gasteiger charge is 2.33. The summed E-state index contributed by atoms with van der Waals surface area (Å²) >= 11 is 0. The van der Waals surface area contributed by atoms with Crippen LogP contribution in [0, 0.1) is 5.82 Å². The zero-order valence-corrected chi connectivity index (χ0v) is 6.03. The first kappa shape index (κ1) is 10.9. The lowest BCUT2D eigenvalue weighted by Gasteiger charge is -2.05. The number of alkyl halides is 3. The molecule has 1 aromatic rings. The average molecular weight is 181 g/mol. The third-order valence-electron chi connectivity index (χ3n) is 1.18. The molecule has 0 aromatic heterocycles. The summed E-state index contributed by atoms with van der Waals surface area (Å²) in [5.41, 5.74) is -1.22. The molecule has 0 heterocycles. The fraction of sp³-hybridized carbons (Fsp3) is 0.143. The lowest BCUT2D eigenvalue weighted by Crippen LogP contribution is -2.07. The molecule has 0 aliphatic carbocycles. The van der Waals surface area contributed by atoms with E-state index in [4.69, 9.17) is 0 Å². The molecule has 0 amide bonds. The first-order valence-electron chi connectivity index (χ1n) is 2.83. The SMILES string of the molecule is Fc1ccccc1C(F)(F)F.N. The van der Waals surface area contributed by atoms with Crippen molar-refractivity contribution in [2.24, 2.45) is 0 Å². The predicted octanol–water partition coefficient (Wildman–Crippen LogP) is 3.01. The van der Waals surface area contributed by atoms with E-state index in [0.717, 1.165) is 12.1 Å². The van der Waals surface area contributed by atoms with Crippen molar-refractivity contribution in [3.63, 3.8) is 0 Å². The second kappa shape index (κ2) is 3.53. The number of hydrogen-bond acceptors (Lipinski definition) is 1. The molecule has 0 unspecified atom stereocenters. The quantitative estimate of drug-likeness (QED) is 0.613. The summed E-state index contributed by atoms with van der Waals surface area (Å²) in [6, 6.07) is 3.84. The maximum Gasteiger partial charge on any atom is 0.419 e. The van der Waals surface area contributed by atoms with E-state index >= 15 is 0 Å². The minimum absolute atomic E-state index is 0. The van der Waals surface area contributed by atoms with E-state index in [1.165, 1.54) is 6.07 Å². The van der Waals surface area contributed by atoms with Gasteiger partial charge in [0.05, 0.1) is 5.56 Å². The molecule has 1 nitrogen and oxygen atoms in total. The highest BCUT2D eigenvalue weighted by molar-refractivity contribution is 5.19. The van der Waals surface area contributed by atoms with Crippen molar-refractivity contribution >= 4 is 0 Å². The smallest absolute Gasteiger partial charge is 0.344 e. The summed E-state index contributed by atoms with van der Waals surface area (Å²) in [7, 11) is 0. The van der Waals surface area contributed by atoms with Crippen LogP contribution in [0.15, 0.2) is 24.3 Å². The Morgan fingerprint density at radius 3 is 1.83 bits per heavy atom. The van der Waals surface area contributed by atoms with Gasteiger partial charge in [0.2, 0.25) is 0 Å². The number of hydrogen-bond donors (Lipinski definition) is 1. The van der Waals surface area contributed by atoms with Crippen molar-refractivity contribution in [2.45, 2.75) is 6.18 Å². The van der Waals surface area contributed by atoms with Crippen molar-refractivity contribution in [1.29, 1.82) is 0 Å². The fourth-order valence-corrected chi connectivity index (χ4v) is 0.691. The van der Waals surface area contributed by atoms with Gasteiger partial charge in [-0.15, -0.1) is 0 Å². The van der Waals surface area contributed by atoms with Crippen molar-refractivity contribution in [3.8, 4) is 0 Å². The predicted molar refractivity (Wildman–Crippen MR) is 36.4 cm³/mol. The summed E-state index contributed by atoms with van der Waals surface area (Å²) in [5, 5.41) is 0. The molecule has 0 bridgehead atoms. The van der Waals surface area contributed by atoms with Crippen molar-refractivity contribution in [2.75, 3.05) is 0 Å². The Kier molecular flexibility index (Phi) is 3.21. The average Bonchev–Trinajstić information content (AvgIpc) is 1.86. The van der Waals surface area contributed by atoms with Gasteiger partial charge in [-0.3, -0.25) is 0 Å². The Hall–Kier alpha value is -1.10. The molecule has 0 saturated heterocycles. The largest absolute Gasteiger partial charge is 0.419 e. The van der Waals surface area contributed by atoms with Gasteiger partial charge in [-0.05, 0) is 12.1 Å². The Morgan fingerprint density at radius 2 is 1.50 bits per heavy atom. The van der Waals surface area contributed by atoms with E-state index in [2.05, 4.69) is 0 Å². The first-order chi connectivity index (χ1) is 5.02. The second-order valence-electron chi connectivity index (χ2n) is 1.98. The van der Waals surface area contributed by atoms with E-state index < -0.39 is 17.6 Å². The molecular formula is C7H7F4N. The molecule has 0 atom stereocenters. The van der Waals surface area contributed by atoms with Crippen LogP contribution in [-0.4, -0.2) is 0 Å². The number of benzene rings is 1. The lowest BCUT2D eigenvalue weighted by atomic mass is 10.2. The van der Waals surface area contributed by atoms with Gasteiger partial charge in [0, 0.05) is 0 Å². The van der Waals surface area contributed by atoms with Crippen molar-refractivity contribution in [3.05, 3.63) is 35.6 Å². The summed E-state index contributed by atoms with van der Waals surface area (Å²) in [6.07, 6.45) is -4.59. The molecule has 0 saturated carbocycles. The zero-order valence-electron chi connectivity index (χ0n) is 6.03. The molecule has 5 heteroatoms. The monoisotopic (exact) mass is 181 g/mol. The molecule has 0 fully saturated rings. The lowest BCUT2D eigenvalue weighted by molar-refractivity contribution is -0.140. The van der Waals surface area contributed by atoms with E-state index in [0.29, 0.717) is 6.07 Å².